The lowest BCUT2D eigenvalue weighted by Crippen LogP contribution is -2.39. The quantitative estimate of drug-likeness (QED) is 0.0517. The third-order valence-electron chi connectivity index (χ3n) is 8.78. The molecule has 0 aliphatic rings. The van der Waals surface area contributed by atoms with Crippen molar-refractivity contribution in [1.29, 1.82) is 0 Å². The van der Waals surface area contributed by atoms with Gasteiger partial charge in [0.25, 0.3) is 0 Å². The van der Waals surface area contributed by atoms with Crippen LogP contribution < -0.4 is 16.2 Å². The van der Waals surface area contributed by atoms with E-state index in [4.69, 9.17) is 4.74 Å². The molecule has 0 radical (unpaired) electrons. The number of rotatable bonds is 31. The molecule has 1 aromatic rings. The molecule has 1 unspecified atom stereocenters. The van der Waals surface area contributed by atoms with Crippen LogP contribution in [0.15, 0.2) is 9.59 Å². The Bertz CT molecular complexity index is 877. The van der Waals surface area contributed by atoms with Crippen molar-refractivity contribution in [1.82, 2.24) is 4.90 Å². The number of nitrogens with one attached hydrogen (secondary N) is 1. The Morgan fingerprint density at radius 1 is 0.651 bits per heavy atom. The van der Waals surface area contributed by atoms with E-state index >= 15 is 0 Å². The third-order valence-corrected chi connectivity index (χ3v) is 8.78. The highest BCUT2D eigenvalue weighted by Gasteiger charge is 2.19. The lowest BCUT2D eigenvalue weighted by Gasteiger charge is -2.23. The number of ether oxygens (including phenoxy) is 1. The molecule has 0 heterocycles. The fraction of sp³-hybridized carbons (Fsp3) is 0.865. The van der Waals surface area contributed by atoms with E-state index < -0.39 is 0 Å². The van der Waals surface area contributed by atoms with E-state index in [0.29, 0.717) is 24.1 Å². The molecule has 0 fully saturated rings. The molecule has 6 heteroatoms. The summed E-state index contributed by atoms with van der Waals surface area (Å²) in [5.41, 5.74) is 0.642. The predicted molar refractivity (Wildman–Crippen MR) is 184 cm³/mol. The van der Waals surface area contributed by atoms with E-state index in [-0.39, 0.29) is 22.9 Å². The fourth-order valence-electron chi connectivity index (χ4n) is 5.96. The van der Waals surface area contributed by atoms with Crippen molar-refractivity contribution >= 4 is 11.7 Å². The normalized spacial score (nSPS) is 12.3. The van der Waals surface area contributed by atoms with Gasteiger partial charge >= 0.3 is 5.97 Å². The number of hydrogen-bond acceptors (Lipinski definition) is 6. The molecule has 43 heavy (non-hydrogen) atoms. The van der Waals surface area contributed by atoms with Gasteiger partial charge in [0.15, 0.2) is 0 Å². The smallest absolute Gasteiger partial charge is 0.306 e. The van der Waals surface area contributed by atoms with Gasteiger partial charge in [-0.25, -0.2) is 0 Å². The molecule has 6 nitrogen and oxygen atoms in total. The van der Waals surface area contributed by atoms with E-state index in [2.05, 4.69) is 31.0 Å². The number of unbranched alkanes of at least 4 members (excludes halogenated alkanes) is 14. The molecule has 0 saturated carbocycles. The number of hydrogen-bond donors (Lipinski definition) is 1. The van der Waals surface area contributed by atoms with Crippen LogP contribution in [0.1, 0.15) is 175 Å². The summed E-state index contributed by atoms with van der Waals surface area (Å²) in [7, 11) is 0. The van der Waals surface area contributed by atoms with Crippen LogP contribution in [0.4, 0.5) is 5.69 Å². The summed E-state index contributed by atoms with van der Waals surface area (Å²) < 4.78 is 5.77. The molecule has 1 N–H and O–H groups in total. The topological polar surface area (TPSA) is 75.7 Å². The Morgan fingerprint density at radius 3 is 1.77 bits per heavy atom. The minimum atomic E-state index is -0.334. The molecule has 250 valence electrons. The van der Waals surface area contributed by atoms with Crippen molar-refractivity contribution in [3.05, 3.63) is 26.0 Å². The lowest BCUT2D eigenvalue weighted by atomic mass is 10.0. The van der Waals surface area contributed by atoms with Crippen LogP contribution in [-0.2, 0) is 16.0 Å². The van der Waals surface area contributed by atoms with Gasteiger partial charge in [0, 0.05) is 18.5 Å². The van der Waals surface area contributed by atoms with Gasteiger partial charge in [-0.15, -0.1) is 0 Å². The van der Waals surface area contributed by atoms with Crippen LogP contribution in [0.3, 0.4) is 0 Å². The van der Waals surface area contributed by atoms with Crippen molar-refractivity contribution in [2.75, 3.05) is 31.5 Å². The zero-order chi connectivity index (χ0) is 31.5. The first-order valence-electron chi connectivity index (χ1n) is 18.5. The van der Waals surface area contributed by atoms with Gasteiger partial charge in [0.2, 0.25) is 10.9 Å². The van der Waals surface area contributed by atoms with Gasteiger partial charge in [-0.3, -0.25) is 14.4 Å². The Kier molecular flexibility index (Phi) is 24.4. The second kappa shape index (κ2) is 26.7. The van der Waals surface area contributed by atoms with Crippen LogP contribution in [0.25, 0.3) is 0 Å². The van der Waals surface area contributed by atoms with Crippen molar-refractivity contribution in [2.24, 2.45) is 0 Å². The maximum atomic E-state index is 12.4. The van der Waals surface area contributed by atoms with Crippen molar-refractivity contribution in [3.8, 4) is 0 Å². The van der Waals surface area contributed by atoms with E-state index in [9.17, 15) is 14.4 Å². The number of anilines is 1. The van der Waals surface area contributed by atoms with Crippen LogP contribution in [0, 0.1) is 0 Å². The van der Waals surface area contributed by atoms with Gasteiger partial charge in [-0.1, -0.05) is 118 Å². The van der Waals surface area contributed by atoms with Gasteiger partial charge in [0.1, 0.15) is 6.10 Å². The van der Waals surface area contributed by atoms with Crippen molar-refractivity contribution in [3.63, 3.8) is 0 Å². The molecule has 0 aromatic heterocycles. The first-order valence-corrected chi connectivity index (χ1v) is 18.5. The summed E-state index contributed by atoms with van der Waals surface area (Å²) in [4.78, 5) is 38.7. The summed E-state index contributed by atoms with van der Waals surface area (Å²) in [5, 5.41) is 3.26. The van der Waals surface area contributed by atoms with Gasteiger partial charge in [0.05, 0.1) is 5.69 Å². The van der Waals surface area contributed by atoms with Crippen LogP contribution >= 0.6 is 0 Å². The van der Waals surface area contributed by atoms with E-state index in [1.807, 2.05) is 6.92 Å². The Labute approximate surface area is 264 Å². The summed E-state index contributed by atoms with van der Waals surface area (Å²) in [6.07, 6.45) is 26.2. The second-order valence-electron chi connectivity index (χ2n) is 12.7. The monoisotopic (exact) mass is 605 g/mol. The first-order chi connectivity index (χ1) is 21.0. The highest BCUT2D eigenvalue weighted by molar-refractivity contribution is 5.69. The SMILES string of the molecule is CCCCCCCCC(CC)OC(=O)CCCCCCCN(CCCCCCCC)CCCNc1c(CCC)c(=O)c1=O. The lowest BCUT2D eigenvalue weighted by molar-refractivity contribution is -0.149. The molecule has 0 aliphatic heterocycles. The molecular weight excluding hydrogens is 536 g/mol. The largest absolute Gasteiger partial charge is 0.462 e. The van der Waals surface area contributed by atoms with Crippen molar-refractivity contribution in [2.45, 2.75) is 181 Å². The molecule has 1 aromatic carbocycles. The standard InChI is InChI=1S/C37H68N2O4/c1-5-9-11-13-16-20-26-32(8-4)43-34(40)27-21-17-15-19-23-30-39(29-22-18-14-12-10-6-2)31-24-28-38-35-33(25-7-3)36(41)37(35)42/h32,38H,5-31H2,1-4H3. The number of nitrogens with zero attached hydrogens (tertiary/aromatic N) is 1. The van der Waals surface area contributed by atoms with Gasteiger partial charge in [-0.2, -0.15) is 0 Å². The first kappa shape index (κ1) is 39.3. The molecule has 0 amide bonds. The maximum absolute atomic E-state index is 12.4. The Morgan fingerprint density at radius 2 is 1.19 bits per heavy atom. The summed E-state index contributed by atoms with van der Waals surface area (Å²) >= 11 is 0. The number of carbonyl (C=O) groups excluding carboxylic acids is 1. The van der Waals surface area contributed by atoms with Gasteiger partial charge < -0.3 is 15.0 Å². The molecule has 1 atom stereocenters. The zero-order valence-electron chi connectivity index (χ0n) is 28.7. The molecule has 0 saturated heterocycles. The van der Waals surface area contributed by atoms with Crippen LogP contribution in [-0.4, -0.2) is 43.2 Å². The van der Waals surface area contributed by atoms with E-state index in [0.717, 1.165) is 64.7 Å². The minimum absolute atomic E-state index is 0.0119. The zero-order valence-corrected chi connectivity index (χ0v) is 28.7. The highest BCUT2D eigenvalue weighted by Crippen LogP contribution is 2.15. The Hall–Kier alpha value is -1.69. The summed E-state index contributed by atoms with van der Waals surface area (Å²) in [5.74, 6) is -0.0119. The summed E-state index contributed by atoms with van der Waals surface area (Å²) in [6, 6.07) is 0. The minimum Gasteiger partial charge on any atom is -0.462 e. The third kappa shape index (κ3) is 18.7. The maximum Gasteiger partial charge on any atom is 0.306 e. The second-order valence-corrected chi connectivity index (χ2v) is 12.7. The highest BCUT2D eigenvalue weighted by atomic mass is 16.5. The predicted octanol–water partition coefficient (Wildman–Crippen LogP) is 9.11. The molecule has 0 aliphatic carbocycles. The molecular formula is C37H68N2O4. The molecule has 1 rings (SSSR count). The van der Waals surface area contributed by atoms with Crippen molar-refractivity contribution < 1.29 is 9.53 Å². The molecule has 0 bridgehead atoms. The van der Waals surface area contributed by atoms with Gasteiger partial charge in [-0.05, 0) is 71.0 Å². The van der Waals surface area contributed by atoms with E-state index in [1.54, 1.807) is 0 Å². The van der Waals surface area contributed by atoms with E-state index in [1.165, 1.54) is 96.3 Å². The molecule has 0 spiro atoms. The van der Waals surface area contributed by atoms with Crippen LogP contribution in [0.5, 0.6) is 0 Å². The number of carbonyl (C=O) groups is 1. The Balaban J connectivity index is 2.26. The fourth-order valence-corrected chi connectivity index (χ4v) is 5.96. The average Bonchev–Trinajstić information content (AvgIpc) is 3.01. The summed E-state index contributed by atoms with van der Waals surface area (Å²) in [6.45, 7) is 12.7. The average molecular weight is 605 g/mol. The van der Waals surface area contributed by atoms with Crippen LogP contribution in [0.2, 0.25) is 0 Å². The number of esters is 1.